The number of rotatable bonds is 4. The van der Waals surface area contributed by atoms with Crippen LogP contribution in [0, 0.1) is 0 Å². The van der Waals surface area contributed by atoms with E-state index in [-0.39, 0.29) is 0 Å². The standard InChI is InChI=1S/C13H17N3O/c1-3-11-9-16(15-13(11)14)8-10-4-6-12(17-2)7-5-10/h4-7,9H,3,8H2,1-2H3,(H2,14,15). The molecule has 0 atom stereocenters. The fraction of sp³-hybridized carbons (Fsp3) is 0.308. The third-order valence-corrected chi connectivity index (χ3v) is 2.75. The van der Waals surface area contributed by atoms with Crippen LogP contribution in [0.1, 0.15) is 18.1 Å². The lowest BCUT2D eigenvalue weighted by atomic mass is 10.2. The molecule has 2 rings (SSSR count). The van der Waals surface area contributed by atoms with E-state index in [1.165, 1.54) is 5.56 Å². The summed E-state index contributed by atoms with van der Waals surface area (Å²) in [6, 6.07) is 7.95. The molecule has 0 bridgehead atoms. The van der Waals surface area contributed by atoms with Gasteiger partial charge in [0.2, 0.25) is 0 Å². The maximum atomic E-state index is 5.80. The van der Waals surface area contributed by atoms with Gasteiger partial charge in [-0.2, -0.15) is 5.10 Å². The maximum Gasteiger partial charge on any atom is 0.148 e. The Morgan fingerprint density at radius 2 is 2.00 bits per heavy atom. The van der Waals surface area contributed by atoms with E-state index >= 15 is 0 Å². The number of benzene rings is 1. The van der Waals surface area contributed by atoms with Gasteiger partial charge in [0.15, 0.2) is 0 Å². The van der Waals surface area contributed by atoms with E-state index in [1.807, 2.05) is 35.1 Å². The fourth-order valence-corrected chi connectivity index (χ4v) is 1.75. The molecule has 0 aliphatic carbocycles. The number of methoxy groups -OCH3 is 1. The first-order valence-corrected chi connectivity index (χ1v) is 5.67. The van der Waals surface area contributed by atoms with E-state index in [0.29, 0.717) is 5.82 Å². The molecule has 4 nitrogen and oxygen atoms in total. The molecule has 17 heavy (non-hydrogen) atoms. The molecule has 4 heteroatoms. The van der Waals surface area contributed by atoms with Crippen molar-refractivity contribution in [2.24, 2.45) is 0 Å². The molecule has 0 unspecified atom stereocenters. The summed E-state index contributed by atoms with van der Waals surface area (Å²) in [5.41, 5.74) is 8.07. The largest absolute Gasteiger partial charge is 0.497 e. The van der Waals surface area contributed by atoms with Gasteiger partial charge in [0.1, 0.15) is 11.6 Å². The van der Waals surface area contributed by atoms with Crippen molar-refractivity contribution in [3.8, 4) is 5.75 Å². The Bertz CT molecular complexity index is 488. The van der Waals surface area contributed by atoms with Crippen LogP contribution in [0.25, 0.3) is 0 Å². The Morgan fingerprint density at radius 3 is 2.53 bits per heavy atom. The Kier molecular flexibility index (Phi) is 3.32. The monoisotopic (exact) mass is 231 g/mol. The van der Waals surface area contributed by atoms with E-state index in [0.717, 1.165) is 24.3 Å². The predicted octanol–water partition coefficient (Wildman–Crippen LogP) is 2.08. The molecule has 1 aromatic carbocycles. The quantitative estimate of drug-likeness (QED) is 0.876. The van der Waals surface area contributed by atoms with Gasteiger partial charge < -0.3 is 10.5 Å². The summed E-state index contributed by atoms with van der Waals surface area (Å²) in [5.74, 6) is 1.49. The minimum absolute atomic E-state index is 0.626. The zero-order valence-corrected chi connectivity index (χ0v) is 10.2. The smallest absolute Gasteiger partial charge is 0.148 e. The number of nitrogens with zero attached hydrogens (tertiary/aromatic N) is 2. The van der Waals surface area contributed by atoms with Crippen LogP contribution in [-0.4, -0.2) is 16.9 Å². The molecule has 90 valence electrons. The summed E-state index contributed by atoms with van der Waals surface area (Å²) in [4.78, 5) is 0. The first kappa shape index (κ1) is 11.5. The lowest BCUT2D eigenvalue weighted by molar-refractivity contribution is 0.414. The van der Waals surface area contributed by atoms with Crippen LogP contribution >= 0.6 is 0 Å². The number of hydrogen-bond acceptors (Lipinski definition) is 3. The second-order valence-electron chi connectivity index (χ2n) is 3.94. The van der Waals surface area contributed by atoms with Crippen molar-refractivity contribution in [2.75, 3.05) is 12.8 Å². The average molecular weight is 231 g/mol. The van der Waals surface area contributed by atoms with Gasteiger partial charge >= 0.3 is 0 Å². The molecule has 0 fully saturated rings. The van der Waals surface area contributed by atoms with Crippen molar-refractivity contribution < 1.29 is 4.74 Å². The molecule has 0 saturated carbocycles. The fourth-order valence-electron chi connectivity index (χ4n) is 1.75. The van der Waals surface area contributed by atoms with Gasteiger partial charge in [-0.05, 0) is 24.1 Å². The summed E-state index contributed by atoms with van der Waals surface area (Å²) in [7, 11) is 1.66. The molecule has 0 amide bonds. The normalized spacial score (nSPS) is 10.5. The van der Waals surface area contributed by atoms with Crippen molar-refractivity contribution in [1.29, 1.82) is 0 Å². The van der Waals surface area contributed by atoms with E-state index in [4.69, 9.17) is 10.5 Å². The lowest BCUT2D eigenvalue weighted by Crippen LogP contribution is -2.00. The van der Waals surface area contributed by atoms with Crippen LogP contribution in [0.4, 0.5) is 5.82 Å². The van der Waals surface area contributed by atoms with Crippen LogP contribution in [0.5, 0.6) is 5.75 Å². The summed E-state index contributed by atoms with van der Waals surface area (Å²) in [6.45, 7) is 2.80. The van der Waals surface area contributed by atoms with Gasteiger partial charge in [0.05, 0.1) is 13.7 Å². The third-order valence-electron chi connectivity index (χ3n) is 2.75. The molecule has 1 heterocycles. The summed E-state index contributed by atoms with van der Waals surface area (Å²) < 4.78 is 6.99. The summed E-state index contributed by atoms with van der Waals surface area (Å²) in [6.07, 6.45) is 2.91. The van der Waals surface area contributed by atoms with Gasteiger partial charge in [-0.3, -0.25) is 4.68 Å². The molecule has 0 aliphatic rings. The molecular formula is C13H17N3O. The molecular weight excluding hydrogens is 214 g/mol. The van der Waals surface area contributed by atoms with E-state index in [2.05, 4.69) is 12.0 Å². The van der Waals surface area contributed by atoms with Gasteiger partial charge in [-0.25, -0.2) is 0 Å². The first-order valence-electron chi connectivity index (χ1n) is 5.67. The van der Waals surface area contributed by atoms with Crippen molar-refractivity contribution >= 4 is 5.82 Å². The van der Waals surface area contributed by atoms with Crippen LogP contribution in [0.15, 0.2) is 30.5 Å². The maximum absolute atomic E-state index is 5.80. The molecule has 0 aliphatic heterocycles. The molecule has 0 spiro atoms. The SMILES string of the molecule is CCc1cn(Cc2ccc(OC)cc2)nc1N. The van der Waals surface area contributed by atoms with Crippen molar-refractivity contribution in [3.05, 3.63) is 41.6 Å². The van der Waals surface area contributed by atoms with Crippen LogP contribution in [0.3, 0.4) is 0 Å². The van der Waals surface area contributed by atoms with Gasteiger partial charge in [0, 0.05) is 11.8 Å². The molecule has 0 saturated heterocycles. The Balaban J connectivity index is 2.13. The molecule has 2 N–H and O–H groups in total. The number of aromatic nitrogens is 2. The van der Waals surface area contributed by atoms with Crippen LogP contribution in [-0.2, 0) is 13.0 Å². The number of anilines is 1. The Morgan fingerprint density at radius 1 is 1.29 bits per heavy atom. The lowest BCUT2D eigenvalue weighted by Gasteiger charge is -2.03. The first-order chi connectivity index (χ1) is 8.22. The van der Waals surface area contributed by atoms with E-state index < -0.39 is 0 Å². The highest BCUT2D eigenvalue weighted by Gasteiger charge is 2.04. The summed E-state index contributed by atoms with van der Waals surface area (Å²) in [5, 5.41) is 4.28. The minimum Gasteiger partial charge on any atom is -0.497 e. The predicted molar refractivity (Wildman–Crippen MR) is 68.1 cm³/mol. The number of ether oxygens (including phenoxy) is 1. The zero-order valence-electron chi connectivity index (χ0n) is 10.2. The number of hydrogen-bond donors (Lipinski definition) is 1. The topological polar surface area (TPSA) is 53.1 Å². The highest BCUT2D eigenvalue weighted by molar-refractivity contribution is 5.37. The highest BCUT2D eigenvalue weighted by atomic mass is 16.5. The average Bonchev–Trinajstić information content (AvgIpc) is 2.70. The molecule has 0 radical (unpaired) electrons. The number of nitrogens with two attached hydrogens (primary N) is 1. The third kappa shape index (κ3) is 2.58. The van der Waals surface area contributed by atoms with Gasteiger partial charge in [-0.1, -0.05) is 19.1 Å². The summed E-state index contributed by atoms with van der Waals surface area (Å²) >= 11 is 0. The zero-order chi connectivity index (χ0) is 12.3. The van der Waals surface area contributed by atoms with Crippen LogP contribution in [0.2, 0.25) is 0 Å². The second-order valence-corrected chi connectivity index (χ2v) is 3.94. The van der Waals surface area contributed by atoms with Crippen molar-refractivity contribution in [3.63, 3.8) is 0 Å². The van der Waals surface area contributed by atoms with Crippen LogP contribution < -0.4 is 10.5 Å². The highest BCUT2D eigenvalue weighted by Crippen LogP contribution is 2.14. The Hall–Kier alpha value is -1.97. The number of aryl methyl sites for hydroxylation is 1. The minimum atomic E-state index is 0.626. The second kappa shape index (κ2) is 4.91. The molecule has 1 aromatic heterocycles. The van der Waals surface area contributed by atoms with E-state index in [9.17, 15) is 0 Å². The van der Waals surface area contributed by atoms with Crippen molar-refractivity contribution in [2.45, 2.75) is 19.9 Å². The van der Waals surface area contributed by atoms with Crippen molar-refractivity contribution in [1.82, 2.24) is 9.78 Å². The number of nitrogen functional groups attached to an aromatic ring is 1. The van der Waals surface area contributed by atoms with Gasteiger partial charge in [-0.15, -0.1) is 0 Å². The van der Waals surface area contributed by atoms with E-state index in [1.54, 1.807) is 7.11 Å². The van der Waals surface area contributed by atoms with Gasteiger partial charge in [0.25, 0.3) is 0 Å². The molecule has 2 aromatic rings. The Labute approximate surface area is 101 Å².